The number of aryl methyl sites for hydroxylation is 3. The normalized spacial score (nSPS) is 11.2. The third-order valence-corrected chi connectivity index (χ3v) is 3.77. The monoisotopic (exact) mass is 283 g/mol. The molecule has 1 aromatic heterocycles. The van der Waals surface area contributed by atoms with E-state index in [0.717, 1.165) is 22.2 Å². The van der Waals surface area contributed by atoms with Crippen molar-refractivity contribution in [2.45, 2.75) is 27.3 Å². The van der Waals surface area contributed by atoms with Gasteiger partial charge in [0, 0.05) is 0 Å². The van der Waals surface area contributed by atoms with Crippen LogP contribution in [-0.2, 0) is 6.54 Å². The van der Waals surface area contributed by atoms with Gasteiger partial charge in [0.05, 0.1) is 17.6 Å². The molecule has 0 aliphatic rings. The van der Waals surface area contributed by atoms with Crippen LogP contribution in [0.2, 0.25) is 0 Å². The summed E-state index contributed by atoms with van der Waals surface area (Å²) in [4.78, 5) is 4.38. The van der Waals surface area contributed by atoms with Crippen LogP contribution in [-0.4, -0.2) is 9.55 Å². The van der Waals surface area contributed by atoms with Gasteiger partial charge in [-0.2, -0.15) is 0 Å². The molecule has 0 saturated carbocycles. The molecule has 0 spiro atoms. The third-order valence-electron chi connectivity index (χ3n) is 3.77. The molecule has 3 rings (SSSR count). The first-order valence-electron chi connectivity index (χ1n) is 6.93. The van der Waals surface area contributed by atoms with E-state index in [2.05, 4.69) is 11.1 Å². The smallest absolute Gasteiger partial charge is 0.201 e. The Morgan fingerprint density at radius 1 is 1.10 bits per heavy atom. The van der Waals surface area contributed by atoms with E-state index in [-0.39, 0.29) is 5.82 Å². The SMILES string of the molecule is Cc1ccc2nc(N)n(Cc3cc(C)c(F)c(C)c3)c2c1. The molecule has 3 aromatic rings. The number of aromatic nitrogens is 2. The van der Waals surface area contributed by atoms with Gasteiger partial charge < -0.3 is 10.3 Å². The Labute approximate surface area is 123 Å². The number of rotatable bonds is 2. The number of nitrogen functional groups attached to an aromatic ring is 1. The van der Waals surface area contributed by atoms with E-state index in [1.807, 2.05) is 35.8 Å². The summed E-state index contributed by atoms with van der Waals surface area (Å²) in [6.07, 6.45) is 0. The summed E-state index contributed by atoms with van der Waals surface area (Å²) in [5.74, 6) is 0.341. The number of nitrogens with two attached hydrogens (primary N) is 1. The second-order valence-corrected chi connectivity index (χ2v) is 5.59. The molecule has 0 radical (unpaired) electrons. The van der Waals surface area contributed by atoms with Crippen molar-refractivity contribution >= 4 is 17.0 Å². The van der Waals surface area contributed by atoms with Crippen molar-refractivity contribution in [1.82, 2.24) is 9.55 Å². The second-order valence-electron chi connectivity index (χ2n) is 5.59. The van der Waals surface area contributed by atoms with Gasteiger partial charge in [-0.3, -0.25) is 0 Å². The van der Waals surface area contributed by atoms with Crippen molar-refractivity contribution < 1.29 is 4.39 Å². The summed E-state index contributed by atoms with van der Waals surface area (Å²) in [6.45, 7) is 6.20. The van der Waals surface area contributed by atoms with Gasteiger partial charge in [-0.05, 0) is 55.2 Å². The maximum atomic E-state index is 13.7. The van der Waals surface area contributed by atoms with Crippen LogP contribution in [0.4, 0.5) is 10.3 Å². The number of benzene rings is 2. The Hall–Kier alpha value is -2.36. The fourth-order valence-electron chi connectivity index (χ4n) is 2.73. The first-order chi connectivity index (χ1) is 9.95. The van der Waals surface area contributed by atoms with Crippen LogP contribution in [0.3, 0.4) is 0 Å². The highest BCUT2D eigenvalue weighted by atomic mass is 19.1. The van der Waals surface area contributed by atoms with Crippen LogP contribution in [0.1, 0.15) is 22.3 Å². The summed E-state index contributed by atoms with van der Waals surface area (Å²) < 4.78 is 15.7. The molecule has 0 bridgehead atoms. The molecule has 0 fully saturated rings. The molecule has 21 heavy (non-hydrogen) atoms. The standard InChI is InChI=1S/C17H18FN3/c1-10-4-5-14-15(6-10)21(17(19)20-14)9-13-7-11(2)16(18)12(3)8-13/h4-8H,9H2,1-3H3,(H2,19,20). The fourth-order valence-corrected chi connectivity index (χ4v) is 2.73. The highest BCUT2D eigenvalue weighted by Crippen LogP contribution is 2.22. The summed E-state index contributed by atoms with van der Waals surface area (Å²) in [5.41, 5.74) is 11.4. The van der Waals surface area contributed by atoms with E-state index < -0.39 is 0 Å². The van der Waals surface area contributed by atoms with E-state index in [9.17, 15) is 4.39 Å². The van der Waals surface area contributed by atoms with Gasteiger partial charge in [0.15, 0.2) is 0 Å². The topological polar surface area (TPSA) is 43.8 Å². The van der Waals surface area contributed by atoms with Crippen LogP contribution in [0, 0.1) is 26.6 Å². The lowest BCUT2D eigenvalue weighted by Gasteiger charge is -2.10. The van der Waals surface area contributed by atoms with E-state index in [0.29, 0.717) is 23.6 Å². The van der Waals surface area contributed by atoms with Crippen molar-refractivity contribution in [3.05, 3.63) is 58.4 Å². The fraction of sp³-hybridized carbons (Fsp3) is 0.235. The molecule has 0 saturated heterocycles. The molecule has 4 heteroatoms. The summed E-state index contributed by atoms with van der Waals surface area (Å²) in [7, 11) is 0. The predicted octanol–water partition coefficient (Wildman–Crippen LogP) is 3.73. The van der Waals surface area contributed by atoms with Gasteiger partial charge in [-0.1, -0.05) is 18.2 Å². The summed E-state index contributed by atoms with van der Waals surface area (Å²) in [6, 6.07) is 9.79. The Kier molecular flexibility index (Phi) is 3.16. The zero-order valence-corrected chi connectivity index (χ0v) is 12.4. The molecular formula is C17H18FN3. The predicted molar refractivity (Wildman–Crippen MR) is 83.9 cm³/mol. The average molecular weight is 283 g/mol. The molecule has 3 nitrogen and oxygen atoms in total. The lowest BCUT2D eigenvalue weighted by atomic mass is 10.1. The Morgan fingerprint density at radius 3 is 2.43 bits per heavy atom. The van der Waals surface area contributed by atoms with Gasteiger partial charge in [-0.15, -0.1) is 0 Å². The molecule has 0 amide bonds. The highest BCUT2D eigenvalue weighted by molar-refractivity contribution is 5.79. The summed E-state index contributed by atoms with van der Waals surface area (Å²) >= 11 is 0. The van der Waals surface area contributed by atoms with Gasteiger partial charge in [0.25, 0.3) is 0 Å². The van der Waals surface area contributed by atoms with Crippen molar-refractivity contribution in [3.8, 4) is 0 Å². The molecule has 0 unspecified atom stereocenters. The zero-order chi connectivity index (χ0) is 15.1. The minimum Gasteiger partial charge on any atom is -0.369 e. The van der Waals surface area contributed by atoms with Gasteiger partial charge in [-0.25, -0.2) is 9.37 Å². The minimum atomic E-state index is -0.141. The Morgan fingerprint density at radius 2 is 1.76 bits per heavy atom. The van der Waals surface area contributed by atoms with Crippen LogP contribution < -0.4 is 5.73 Å². The molecule has 108 valence electrons. The van der Waals surface area contributed by atoms with E-state index in [1.165, 1.54) is 0 Å². The molecule has 2 N–H and O–H groups in total. The molecule has 0 aliphatic carbocycles. The first-order valence-corrected chi connectivity index (χ1v) is 6.93. The van der Waals surface area contributed by atoms with Crippen LogP contribution in [0.15, 0.2) is 30.3 Å². The number of halogens is 1. The van der Waals surface area contributed by atoms with E-state index in [1.54, 1.807) is 13.8 Å². The molecular weight excluding hydrogens is 265 g/mol. The minimum absolute atomic E-state index is 0.141. The third kappa shape index (κ3) is 2.37. The van der Waals surface area contributed by atoms with Crippen molar-refractivity contribution in [2.24, 2.45) is 0 Å². The Balaban J connectivity index is 2.09. The second kappa shape index (κ2) is 4.88. The van der Waals surface area contributed by atoms with E-state index in [4.69, 9.17) is 5.73 Å². The lowest BCUT2D eigenvalue weighted by molar-refractivity contribution is 0.607. The van der Waals surface area contributed by atoms with Crippen LogP contribution >= 0.6 is 0 Å². The Bertz CT molecular complexity index is 810. The number of hydrogen-bond donors (Lipinski definition) is 1. The lowest BCUT2D eigenvalue weighted by Crippen LogP contribution is -2.05. The average Bonchev–Trinajstić information content (AvgIpc) is 2.72. The number of fused-ring (bicyclic) bond motifs is 1. The van der Waals surface area contributed by atoms with Crippen LogP contribution in [0.25, 0.3) is 11.0 Å². The zero-order valence-electron chi connectivity index (χ0n) is 12.4. The highest BCUT2D eigenvalue weighted by Gasteiger charge is 2.10. The molecule has 0 aliphatic heterocycles. The van der Waals surface area contributed by atoms with Crippen molar-refractivity contribution in [3.63, 3.8) is 0 Å². The van der Waals surface area contributed by atoms with Gasteiger partial charge >= 0.3 is 0 Å². The first kappa shape index (κ1) is 13.6. The molecule has 0 atom stereocenters. The van der Waals surface area contributed by atoms with Crippen molar-refractivity contribution in [2.75, 3.05) is 5.73 Å². The number of imidazole rings is 1. The maximum Gasteiger partial charge on any atom is 0.201 e. The maximum absolute atomic E-state index is 13.7. The number of hydrogen-bond acceptors (Lipinski definition) is 2. The molecule has 1 heterocycles. The van der Waals surface area contributed by atoms with Crippen molar-refractivity contribution in [1.29, 1.82) is 0 Å². The summed E-state index contributed by atoms with van der Waals surface area (Å²) in [5, 5.41) is 0. The van der Waals surface area contributed by atoms with Gasteiger partial charge in [0.1, 0.15) is 5.82 Å². The molecule has 2 aromatic carbocycles. The van der Waals surface area contributed by atoms with Gasteiger partial charge in [0.2, 0.25) is 5.95 Å². The quantitative estimate of drug-likeness (QED) is 0.778. The largest absolute Gasteiger partial charge is 0.369 e. The van der Waals surface area contributed by atoms with Crippen LogP contribution in [0.5, 0.6) is 0 Å². The number of nitrogens with zero attached hydrogens (tertiary/aromatic N) is 2. The number of anilines is 1. The van der Waals surface area contributed by atoms with E-state index >= 15 is 0 Å².